The smallest absolute Gasteiger partial charge is 0.245 e. The normalized spacial score (nSPS) is 24.8. The minimum Gasteiger partial charge on any atom is -0.343 e. The summed E-state index contributed by atoms with van der Waals surface area (Å²) in [6, 6.07) is -1.12. The predicted molar refractivity (Wildman–Crippen MR) is 76.9 cm³/mol. The molecular weight excluding hydrogens is 280 g/mol. The molecule has 2 amide bonds. The van der Waals surface area contributed by atoms with E-state index >= 15 is 0 Å². The molecular formula is C13H24N2O4S. The van der Waals surface area contributed by atoms with E-state index in [0.717, 1.165) is 0 Å². The minimum absolute atomic E-state index is 0.0175. The number of hydrogen-bond acceptors (Lipinski definition) is 4. The van der Waals surface area contributed by atoms with Gasteiger partial charge in [-0.05, 0) is 18.8 Å². The fourth-order valence-corrected chi connectivity index (χ4v) is 3.12. The van der Waals surface area contributed by atoms with E-state index in [4.69, 9.17) is 0 Å². The zero-order chi connectivity index (χ0) is 15.7. The molecule has 2 unspecified atom stereocenters. The molecule has 0 aromatic heterocycles. The van der Waals surface area contributed by atoms with Crippen LogP contribution in [-0.4, -0.2) is 55.8 Å². The van der Waals surface area contributed by atoms with Gasteiger partial charge >= 0.3 is 0 Å². The van der Waals surface area contributed by atoms with Crippen molar-refractivity contribution in [2.75, 3.05) is 18.6 Å². The zero-order valence-electron chi connectivity index (χ0n) is 12.8. The Morgan fingerprint density at radius 2 is 1.80 bits per heavy atom. The molecule has 7 heteroatoms. The standard InChI is InChI=1S/C13H24N2O4S/c1-9-12(17)15(7-6-8-20(5,18)19)10(11(16)14-9)13(2,3)4/h9-10H,6-8H2,1-5H3,(H,14,16). The first kappa shape index (κ1) is 16.9. The summed E-state index contributed by atoms with van der Waals surface area (Å²) in [5.74, 6) is -0.314. The number of nitrogens with zero attached hydrogens (tertiary/aromatic N) is 1. The summed E-state index contributed by atoms with van der Waals surface area (Å²) in [4.78, 5) is 25.9. The van der Waals surface area contributed by atoms with Crippen LogP contribution in [0.25, 0.3) is 0 Å². The van der Waals surface area contributed by atoms with Crippen molar-refractivity contribution in [1.29, 1.82) is 0 Å². The van der Waals surface area contributed by atoms with Crippen LogP contribution in [-0.2, 0) is 19.4 Å². The maximum Gasteiger partial charge on any atom is 0.245 e. The third-order valence-corrected chi connectivity index (χ3v) is 4.34. The molecule has 6 nitrogen and oxygen atoms in total. The highest BCUT2D eigenvalue weighted by molar-refractivity contribution is 7.90. The van der Waals surface area contributed by atoms with Crippen molar-refractivity contribution in [3.05, 3.63) is 0 Å². The first-order valence-electron chi connectivity index (χ1n) is 6.72. The number of carbonyl (C=O) groups is 2. The third-order valence-electron chi connectivity index (χ3n) is 3.31. The summed E-state index contributed by atoms with van der Waals surface area (Å²) in [6.45, 7) is 7.60. The molecule has 0 spiro atoms. The maximum atomic E-state index is 12.2. The van der Waals surface area contributed by atoms with E-state index in [1.807, 2.05) is 20.8 Å². The molecule has 20 heavy (non-hydrogen) atoms. The second-order valence-corrected chi connectivity index (χ2v) is 8.77. The van der Waals surface area contributed by atoms with E-state index in [9.17, 15) is 18.0 Å². The number of piperazine rings is 1. The van der Waals surface area contributed by atoms with Crippen LogP contribution in [0.15, 0.2) is 0 Å². The van der Waals surface area contributed by atoms with Gasteiger partial charge in [0.2, 0.25) is 11.8 Å². The van der Waals surface area contributed by atoms with Crippen molar-refractivity contribution < 1.29 is 18.0 Å². The molecule has 0 aromatic rings. The number of hydrogen-bond donors (Lipinski definition) is 1. The van der Waals surface area contributed by atoms with E-state index in [-0.39, 0.29) is 24.1 Å². The summed E-state index contributed by atoms with van der Waals surface area (Å²) < 4.78 is 22.4. The van der Waals surface area contributed by atoms with Crippen LogP contribution in [0.4, 0.5) is 0 Å². The van der Waals surface area contributed by atoms with Crippen LogP contribution in [0.5, 0.6) is 0 Å². The van der Waals surface area contributed by atoms with Crippen LogP contribution >= 0.6 is 0 Å². The Kier molecular flexibility index (Phi) is 4.84. The molecule has 0 aromatic carbocycles. The number of sulfone groups is 1. The van der Waals surface area contributed by atoms with Crippen LogP contribution in [0, 0.1) is 5.41 Å². The molecule has 0 aliphatic carbocycles. The van der Waals surface area contributed by atoms with Crippen LogP contribution in [0.1, 0.15) is 34.1 Å². The number of nitrogens with one attached hydrogen (secondary N) is 1. The zero-order valence-corrected chi connectivity index (χ0v) is 13.6. The second kappa shape index (κ2) is 5.71. The van der Waals surface area contributed by atoms with E-state index in [2.05, 4.69) is 5.32 Å². The van der Waals surface area contributed by atoms with Crippen LogP contribution in [0.2, 0.25) is 0 Å². The summed E-state index contributed by atoms with van der Waals surface area (Å²) >= 11 is 0. The lowest BCUT2D eigenvalue weighted by atomic mass is 9.83. The van der Waals surface area contributed by atoms with E-state index in [1.54, 1.807) is 6.92 Å². The summed E-state index contributed by atoms with van der Waals surface area (Å²) in [7, 11) is -3.06. The molecule has 116 valence electrons. The van der Waals surface area contributed by atoms with Gasteiger partial charge in [0.1, 0.15) is 21.9 Å². The molecule has 1 rings (SSSR count). The SMILES string of the molecule is CC1NC(=O)C(C(C)(C)C)N(CCCS(C)(=O)=O)C1=O. The van der Waals surface area contributed by atoms with E-state index < -0.39 is 27.3 Å². The van der Waals surface area contributed by atoms with Gasteiger partial charge in [-0.1, -0.05) is 20.8 Å². The Morgan fingerprint density at radius 3 is 2.25 bits per heavy atom. The first-order chi connectivity index (χ1) is 8.93. The van der Waals surface area contributed by atoms with Crippen LogP contribution in [0.3, 0.4) is 0 Å². The average Bonchev–Trinajstić information content (AvgIpc) is 2.21. The fourth-order valence-electron chi connectivity index (χ4n) is 2.47. The summed E-state index contributed by atoms with van der Waals surface area (Å²) in [6.07, 6.45) is 1.51. The van der Waals surface area contributed by atoms with Crippen molar-refractivity contribution in [1.82, 2.24) is 10.2 Å². The van der Waals surface area contributed by atoms with Crippen molar-refractivity contribution in [2.45, 2.75) is 46.2 Å². The lowest BCUT2D eigenvalue weighted by Gasteiger charge is -2.44. The van der Waals surface area contributed by atoms with Crippen molar-refractivity contribution in [2.24, 2.45) is 5.41 Å². The van der Waals surface area contributed by atoms with Gasteiger partial charge in [-0.15, -0.1) is 0 Å². The molecule has 1 heterocycles. The average molecular weight is 304 g/mol. The highest BCUT2D eigenvalue weighted by Gasteiger charge is 2.44. The fraction of sp³-hybridized carbons (Fsp3) is 0.846. The lowest BCUT2D eigenvalue weighted by molar-refractivity contribution is -0.153. The molecule has 1 fully saturated rings. The quantitative estimate of drug-likeness (QED) is 0.803. The van der Waals surface area contributed by atoms with Crippen molar-refractivity contribution >= 4 is 21.7 Å². The molecule has 2 atom stereocenters. The number of rotatable bonds is 4. The van der Waals surface area contributed by atoms with Gasteiger partial charge in [0, 0.05) is 12.8 Å². The molecule has 0 bridgehead atoms. The van der Waals surface area contributed by atoms with Gasteiger partial charge in [0.25, 0.3) is 0 Å². The molecule has 1 saturated heterocycles. The van der Waals surface area contributed by atoms with Gasteiger partial charge in [-0.25, -0.2) is 8.42 Å². The lowest BCUT2D eigenvalue weighted by Crippen LogP contribution is -2.66. The van der Waals surface area contributed by atoms with E-state index in [0.29, 0.717) is 6.42 Å². The minimum atomic E-state index is -3.06. The molecule has 1 aliphatic rings. The van der Waals surface area contributed by atoms with Crippen molar-refractivity contribution in [3.63, 3.8) is 0 Å². The van der Waals surface area contributed by atoms with Gasteiger partial charge < -0.3 is 10.2 Å². The van der Waals surface area contributed by atoms with Crippen molar-refractivity contribution in [3.8, 4) is 0 Å². The van der Waals surface area contributed by atoms with Gasteiger partial charge in [0.15, 0.2) is 0 Å². The Bertz CT molecular complexity index is 493. The monoisotopic (exact) mass is 304 g/mol. The largest absolute Gasteiger partial charge is 0.343 e. The maximum absolute atomic E-state index is 12.2. The topological polar surface area (TPSA) is 83.6 Å². The van der Waals surface area contributed by atoms with Gasteiger partial charge in [-0.3, -0.25) is 9.59 Å². The Morgan fingerprint density at radius 1 is 1.25 bits per heavy atom. The molecule has 1 N–H and O–H groups in total. The first-order valence-corrected chi connectivity index (χ1v) is 8.78. The number of carbonyl (C=O) groups excluding carboxylic acids is 2. The Labute approximate surface area is 120 Å². The Balaban J connectivity index is 2.89. The van der Waals surface area contributed by atoms with E-state index in [1.165, 1.54) is 11.2 Å². The number of amides is 2. The molecule has 0 radical (unpaired) electrons. The van der Waals surface area contributed by atoms with Gasteiger partial charge in [0.05, 0.1) is 5.75 Å². The summed E-state index contributed by atoms with van der Waals surface area (Å²) in [5.41, 5.74) is -0.398. The highest BCUT2D eigenvalue weighted by Crippen LogP contribution is 2.27. The molecule has 1 aliphatic heterocycles. The second-order valence-electron chi connectivity index (χ2n) is 6.51. The Hall–Kier alpha value is -1.11. The van der Waals surface area contributed by atoms with Gasteiger partial charge in [-0.2, -0.15) is 0 Å². The molecule has 0 saturated carbocycles. The third kappa shape index (κ3) is 4.19. The highest BCUT2D eigenvalue weighted by atomic mass is 32.2. The van der Waals surface area contributed by atoms with Crippen LogP contribution < -0.4 is 5.32 Å². The predicted octanol–water partition coefficient (Wildman–Crippen LogP) is 0.183. The summed E-state index contributed by atoms with van der Waals surface area (Å²) in [5, 5.41) is 2.67.